The van der Waals surface area contributed by atoms with Crippen LogP contribution in [0.1, 0.15) is 10.9 Å². The van der Waals surface area contributed by atoms with Crippen LogP contribution in [0.2, 0.25) is 0 Å². The normalized spacial score (nSPS) is 19.8. The molecule has 0 amide bonds. The average molecular weight is 183 g/mol. The monoisotopic (exact) mass is 183 g/mol. The summed E-state index contributed by atoms with van der Waals surface area (Å²) in [6, 6.07) is 7.00. The fraction of sp³-hybridized carbons (Fsp3) is 0.143. The highest BCUT2D eigenvalue weighted by molar-refractivity contribution is 7.95. The van der Waals surface area contributed by atoms with Crippen molar-refractivity contribution in [3.05, 3.63) is 39.9 Å². The molecular formula is C7H5NO3S. The first-order valence-electron chi connectivity index (χ1n) is 3.35. The summed E-state index contributed by atoms with van der Waals surface area (Å²) in [7, 11) is 0. The Balaban J connectivity index is 2.42. The number of nitro groups is 1. The van der Waals surface area contributed by atoms with Crippen molar-refractivity contribution in [3.8, 4) is 5.75 Å². The standard InChI is InChI=1S/C7H5NO3S/c9-8(10)7-5-3-1-2-4-6(5)11-12-7/h1-4,7H. The van der Waals surface area contributed by atoms with E-state index in [1.807, 2.05) is 0 Å². The van der Waals surface area contributed by atoms with Gasteiger partial charge in [0.15, 0.2) is 0 Å². The van der Waals surface area contributed by atoms with Crippen LogP contribution in [0.15, 0.2) is 24.3 Å². The molecule has 0 N–H and O–H groups in total. The lowest BCUT2D eigenvalue weighted by Crippen LogP contribution is -2.02. The van der Waals surface area contributed by atoms with Gasteiger partial charge in [-0.05, 0) is 12.1 Å². The Labute approximate surface area is 72.9 Å². The quantitative estimate of drug-likeness (QED) is 0.379. The van der Waals surface area contributed by atoms with Crippen LogP contribution in [0.4, 0.5) is 0 Å². The van der Waals surface area contributed by atoms with Crippen LogP contribution >= 0.6 is 12.0 Å². The van der Waals surface area contributed by atoms with Crippen LogP contribution < -0.4 is 4.18 Å². The molecule has 5 heteroatoms. The number of fused-ring (bicyclic) bond motifs is 1. The third kappa shape index (κ3) is 1.02. The molecule has 0 fully saturated rings. The Bertz CT molecular complexity index is 328. The van der Waals surface area contributed by atoms with Gasteiger partial charge in [-0.15, -0.1) is 0 Å². The van der Waals surface area contributed by atoms with Crippen molar-refractivity contribution in [3.63, 3.8) is 0 Å². The van der Waals surface area contributed by atoms with Gasteiger partial charge in [-0.2, -0.15) is 0 Å². The molecule has 1 aliphatic heterocycles. The Kier molecular flexibility index (Phi) is 1.65. The van der Waals surface area contributed by atoms with Gasteiger partial charge in [0, 0.05) is 4.92 Å². The summed E-state index contributed by atoms with van der Waals surface area (Å²) < 4.78 is 5.05. The minimum absolute atomic E-state index is 0.351. The van der Waals surface area contributed by atoms with Crippen molar-refractivity contribution in [1.82, 2.24) is 0 Å². The fourth-order valence-electron chi connectivity index (χ4n) is 1.06. The van der Waals surface area contributed by atoms with E-state index in [9.17, 15) is 10.1 Å². The molecular weight excluding hydrogens is 178 g/mol. The summed E-state index contributed by atoms with van der Waals surface area (Å²) >= 11 is 0.880. The van der Waals surface area contributed by atoms with Gasteiger partial charge in [0.1, 0.15) is 17.8 Å². The first-order valence-corrected chi connectivity index (χ1v) is 4.15. The molecule has 0 saturated heterocycles. The van der Waals surface area contributed by atoms with Crippen LogP contribution in [0.3, 0.4) is 0 Å². The maximum atomic E-state index is 10.5. The molecule has 0 saturated carbocycles. The molecule has 0 bridgehead atoms. The molecule has 4 nitrogen and oxygen atoms in total. The van der Waals surface area contributed by atoms with Crippen molar-refractivity contribution >= 4 is 12.0 Å². The van der Waals surface area contributed by atoms with Gasteiger partial charge in [0.25, 0.3) is 0 Å². The van der Waals surface area contributed by atoms with E-state index < -0.39 is 5.37 Å². The van der Waals surface area contributed by atoms with Crippen LogP contribution in [0.25, 0.3) is 0 Å². The summed E-state index contributed by atoms with van der Waals surface area (Å²) in [5.74, 6) is 0.601. The number of hydrogen-bond acceptors (Lipinski definition) is 4. The summed E-state index contributed by atoms with van der Waals surface area (Å²) in [4.78, 5) is 10.1. The van der Waals surface area contributed by atoms with E-state index in [1.54, 1.807) is 24.3 Å². The first-order chi connectivity index (χ1) is 5.79. The molecule has 2 rings (SSSR count). The van der Waals surface area contributed by atoms with Gasteiger partial charge in [-0.3, -0.25) is 10.1 Å². The van der Waals surface area contributed by atoms with E-state index in [0.29, 0.717) is 11.3 Å². The molecule has 0 spiro atoms. The lowest BCUT2D eigenvalue weighted by Gasteiger charge is -1.95. The van der Waals surface area contributed by atoms with E-state index in [-0.39, 0.29) is 4.92 Å². The number of para-hydroxylation sites is 1. The number of hydrogen-bond donors (Lipinski definition) is 0. The largest absolute Gasteiger partial charge is 0.418 e. The molecule has 0 radical (unpaired) electrons. The van der Waals surface area contributed by atoms with Gasteiger partial charge in [0.05, 0.1) is 5.56 Å². The zero-order chi connectivity index (χ0) is 8.55. The lowest BCUT2D eigenvalue weighted by atomic mass is 10.2. The first kappa shape index (κ1) is 7.42. The van der Waals surface area contributed by atoms with E-state index in [0.717, 1.165) is 12.0 Å². The van der Waals surface area contributed by atoms with Gasteiger partial charge in [-0.25, -0.2) is 0 Å². The SMILES string of the molecule is O=[N+]([O-])C1SOc2ccccc21. The van der Waals surface area contributed by atoms with E-state index >= 15 is 0 Å². The highest BCUT2D eigenvalue weighted by atomic mass is 32.2. The second-order valence-corrected chi connectivity index (χ2v) is 3.16. The molecule has 0 aromatic heterocycles. The van der Waals surface area contributed by atoms with Gasteiger partial charge >= 0.3 is 5.37 Å². The molecule has 1 unspecified atom stereocenters. The molecule has 1 atom stereocenters. The summed E-state index contributed by atoms with van der Waals surface area (Å²) in [5, 5.41) is 9.71. The topological polar surface area (TPSA) is 52.4 Å². The van der Waals surface area contributed by atoms with Crippen molar-refractivity contribution < 1.29 is 9.11 Å². The van der Waals surface area contributed by atoms with Gasteiger partial charge in [-0.1, -0.05) is 12.1 Å². The smallest absolute Gasteiger partial charge is 0.322 e. The van der Waals surface area contributed by atoms with Crippen LogP contribution in [-0.4, -0.2) is 4.92 Å². The maximum absolute atomic E-state index is 10.5. The van der Waals surface area contributed by atoms with Crippen LogP contribution in [-0.2, 0) is 0 Å². The zero-order valence-electron chi connectivity index (χ0n) is 5.97. The average Bonchev–Trinajstić information content (AvgIpc) is 2.47. The van der Waals surface area contributed by atoms with Gasteiger partial charge in [0.2, 0.25) is 0 Å². The predicted molar refractivity (Wildman–Crippen MR) is 44.4 cm³/mol. The van der Waals surface area contributed by atoms with Crippen LogP contribution in [0.5, 0.6) is 5.75 Å². The number of rotatable bonds is 1. The van der Waals surface area contributed by atoms with Gasteiger partial charge < -0.3 is 4.18 Å². The van der Waals surface area contributed by atoms with E-state index in [1.165, 1.54) is 0 Å². The van der Waals surface area contributed by atoms with E-state index in [2.05, 4.69) is 0 Å². The van der Waals surface area contributed by atoms with Crippen molar-refractivity contribution in [1.29, 1.82) is 0 Å². The molecule has 12 heavy (non-hydrogen) atoms. The third-order valence-corrected chi connectivity index (χ3v) is 2.49. The molecule has 62 valence electrons. The number of nitrogens with zero attached hydrogens (tertiary/aromatic N) is 1. The molecule has 1 aromatic carbocycles. The Morgan fingerprint density at radius 2 is 2.25 bits per heavy atom. The van der Waals surface area contributed by atoms with E-state index in [4.69, 9.17) is 4.18 Å². The molecule has 0 aliphatic carbocycles. The Morgan fingerprint density at radius 3 is 3.00 bits per heavy atom. The third-order valence-electron chi connectivity index (χ3n) is 1.61. The minimum Gasteiger partial charge on any atom is -0.418 e. The van der Waals surface area contributed by atoms with Crippen molar-refractivity contribution in [2.75, 3.05) is 0 Å². The maximum Gasteiger partial charge on any atom is 0.322 e. The second-order valence-electron chi connectivity index (χ2n) is 2.36. The summed E-state index contributed by atoms with van der Waals surface area (Å²) in [6.07, 6.45) is 0. The molecule has 1 aliphatic rings. The molecule has 1 aromatic rings. The number of benzene rings is 1. The fourth-order valence-corrected chi connectivity index (χ4v) is 1.77. The van der Waals surface area contributed by atoms with Crippen molar-refractivity contribution in [2.24, 2.45) is 0 Å². The zero-order valence-corrected chi connectivity index (χ0v) is 6.78. The second kappa shape index (κ2) is 2.67. The highest BCUT2D eigenvalue weighted by Gasteiger charge is 2.34. The lowest BCUT2D eigenvalue weighted by molar-refractivity contribution is -0.500. The predicted octanol–water partition coefficient (Wildman–Crippen LogP) is 2.00. The van der Waals surface area contributed by atoms with Crippen molar-refractivity contribution in [2.45, 2.75) is 5.37 Å². The minimum atomic E-state index is -0.763. The van der Waals surface area contributed by atoms with Crippen LogP contribution in [0, 0.1) is 10.1 Å². The summed E-state index contributed by atoms with van der Waals surface area (Å²) in [6.45, 7) is 0. The highest BCUT2D eigenvalue weighted by Crippen LogP contribution is 2.43. The molecule has 1 heterocycles. The summed E-state index contributed by atoms with van der Waals surface area (Å²) in [5.41, 5.74) is 0.646. The Hall–Kier alpha value is -1.23. The Morgan fingerprint density at radius 1 is 1.50 bits per heavy atom.